The summed E-state index contributed by atoms with van der Waals surface area (Å²) in [4.78, 5) is 23.2. The second-order valence-corrected chi connectivity index (χ2v) is 7.10. The average molecular weight is 340 g/mol. The summed E-state index contributed by atoms with van der Waals surface area (Å²) in [6.07, 6.45) is 1.73. The maximum atomic E-state index is 12.4. The summed E-state index contributed by atoms with van der Waals surface area (Å²) in [7, 11) is -3.50. The molecule has 8 heteroatoms. The van der Waals surface area contributed by atoms with Gasteiger partial charge in [0.2, 0.25) is 10.0 Å². The number of nitrogens with zero attached hydrogens (tertiary/aromatic N) is 1. The Labute approximate surface area is 135 Å². The predicted octanol–water partition coefficient (Wildman–Crippen LogP) is 0.764. The largest absolute Gasteiger partial charge is 0.452 e. The van der Waals surface area contributed by atoms with Crippen molar-refractivity contribution in [1.29, 1.82) is 0 Å². The van der Waals surface area contributed by atoms with Gasteiger partial charge >= 0.3 is 5.97 Å². The van der Waals surface area contributed by atoms with Crippen molar-refractivity contribution in [1.82, 2.24) is 9.62 Å². The van der Waals surface area contributed by atoms with Gasteiger partial charge in [0.25, 0.3) is 5.91 Å². The van der Waals surface area contributed by atoms with Crippen LogP contribution in [0.15, 0.2) is 29.2 Å². The van der Waals surface area contributed by atoms with Gasteiger partial charge in [-0.25, -0.2) is 13.2 Å². The van der Waals surface area contributed by atoms with Gasteiger partial charge in [0.15, 0.2) is 6.61 Å². The molecule has 0 atom stereocenters. The molecular weight excluding hydrogens is 320 g/mol. The monoisotopic (exact) mass is 340 g/mol. The molecule has 1 aliphatic heterocycles. The maximum absolute atomic E-state index is 12.4. The van der Waals surface area contributed by atoms with Crippen LogP contribution in [0.1, 0.15) is 30.1 Å². The number of benzene rings is 1. The zero-order chi connectivity index (χ0) is 16.9. The smallest absolute Gasteiger partial charge is 0.338 e. The van der Waals surface area contributed by atoms with Crippen LogP contribution in [0.2, 0.25) is 0 Å². The second kappa shape index (κ2) is 7.56. The van der Waals surface area contributed by atoms with Gasteiger partial charge in [0.1, 0.15) is 0 Å². The standard InChI is InChI=1S/C15H20N2O5S/c1-2-16-14(18)11-22-15(19)12-5-7-13(8-6-12)23(20,21)17-9-3-4-10-17/h5-8H,2-4,9-11H2,1H3,(H,16,18). The second-order valence-electron chi connectivity index (χ2n) is 5.17. The van der Waals surface area contributed by atoms with Gasteiger partial charge < -0.3 is 10.1 Å². The van der Waals surface area contributed by atoms with Crippen molar-refractivity contribution in [3.63, 3.8) is 0 Å². The SMILES string of the molecule is CCNC(=O)COC(=O)c1ccc(S(=O)(=O)N2CCCC2)cc1. The first-order valence-electron chi connectivity index (χ1n) is 7.49. The number of carbonyl (C=O) groups is 2. The molecule has 0 spiro atoms. The topological polar surface area (TPSA) is 92.8 Å². The highest BCUT2D eigenvalue weighted by atomic mass is 32.2. The molecule has 1 fully saturated rings. The van der Waals surface area contributed by atoms with E-state index in [0.29, 0.717) is 19.6 Å². The number of carbonyl (C=O) groups excluding carboxylic acids is 2. The van der Waals surface area contributed by atoms with Gasteiger partial charge in [-0.3, -0.25) is 4.79 Å². The molecule has 0 radical (unpaired) electrons. The number of amides is 1. The fourth-order valence-corrected chi connectivity index (χ4v) is 3.82. The van der Waals surface area contributed by atoms with Crippen molar-refractivity contribution in [3.8, 4) is 0 Å². The van der Waals surface area contributed by atoms with Crippen LogP contribution < -0.4 is 5.32 Å². The average Bonchev–Trinajstić information content (AvgIpc) is 3.08. The molecule has 23 heavy (non-hydrogen) atoms. The molecule has 0 unspecified atom stereocenters. The zero-order valence-corrected chi connectivity index (χ0v) is 13.8. The summed E-state index contributed by atoms with van der Waals surface area (Å²) in [6, 6.07) is 5.55. The molecule has 2 rings (SSSR count). The summed E-state index contributed by atoms with van der Waals surface area (Å²) < 4.78 is 31.0. The lowest BCUT2D eigenvalue weighted by molar-refractivity contribution is -0.124. The minimum Gasteiger partial charge on any atom is -0.452 e. The summed E-state index contributed by atoms with van der Waals surface area (Å²) in [5.74, 6) is -1.05. The van der Waals surface area contributed by atoms with Crippen molar-refractivity contribution in [2.75, 3.05) is 26.2 Å². The highest BCUT2D eigenvalue weighted by Gasteiger charge is 2.27. The number of ether oxygens (including phenoxy) is 1. The van der Waals surface area contributed by atoms with Gasteiger partial charge in [0.05, 0.1) is 10.5 Å². The van der Waals surface area contributed by atoms with Gasteiger partial charge in [-0.05, 0) is 44.0 Å². The molecule has 1 aliphatic rings. The van der Waals surface area contributed by atoms with Crippen molar-refractivity contribution in [2.24, 2.45) is 0 Å². The first-order valence-corrected chi connectivity index (χ1v) is 8.93. The quantitative estimate of drug-likeness (QED) is 0.772. The van der Waals surface area contributed by atoms with Crippen LogP contribution in [0, 0.1) is 0 Å². The Hall–Kier alpha value is -1.93. The van der Waals surface area contributed by atoms with E-state index < -0.39 is 16.0 Å². The Kier molecular flexibility index (Phi) is 5.73. The normalized spacial score (nSPS) is 15.3. The van der Waals surface area contributed by atoms with Crippen LogP contribution in [0.3, 0.4) is 0 Å². The van der Waals surface area contributed by atoms with Gasteiger partial charge in [-0.2, -0.15) is 4.31 Å². The number of rotatable bonds is 6. The van der Waals surface area contributed by atoms with E-state index in [0.717, 1.165) is 12.8 Å². The van der Waals surface area contributed by atoms with Crippen molar-refractivity contribution >= 4 is 21.9 Å². The van der Waals surface area contributed by atoms with E-state index in [-0.39, 0.29) is 23.0 Å². The molecule has 7 nitrogen and oxygen atoms in total. The van der Waals surface area contributed by atoms with Crippen LogP contribution in [0.25, 0.3) is 0 Å². The highest BCUT2D eigenvalue weighted by molar-refractivity contribution is 7.89. The summed E-state index contributed by atoms with van der Waals surface area (Å²) in [5.41, 5.74) is 0.203. The Morgan fingerprint density at radius 3 is 2.35 bits per heavy atom. The van der Waals surface area contributed by atoms with E-state index in [1.165, 1.54) is 28.6 Å². The van der Waals surface area contributed by atoms with Crippen LogP contribution in [-0.2, 0) is 19.6 Å². The molecule has 0 saturated carbocycles. The molecule has 1 aromatic carbocycles. The van der Waals surface area contributed by atoms with Crippen LogP contribution in [0.5, 0.6) is 0 Å². The molecule has 0 aromatic heterocycles. The third-order valence-electron chi connectivity index (χ3n) is 3.50. The van der Waals surface area contributed by atoms with Crippen LogP contribution in [0.4, 0.5) is 0 Å². The molecule has 126 valence electrons. The number of sulfonamides is 1. The molecule has 1 aromatic rings. The fourth-order valence-electron chi connectivity index (χ4n) is 2.30. The van der Waals surface area contributed by atoms with Crippen molar-refractivity contribution in [3.05, 3.63) is 29.8 Å². The minimum atomic E-state index is -3.50. The third-order valence-corrected chi connectivity index (χ3v) is 5.41. The third kappa shape index (κ3) is 4.29. The molecule has 1 N–H and O–H groups in total. The van der Waals surface area contributed by atoms with Crippen molar-refractivity contribution in [2.45, 2.75) is 24.7 Å². The highest BCUT2D eigenvalue weighted by Crippen LogP contribution is 2.21. The number of nitrogens with one attached hydrogen (secondary N) is 1. The molecule has 1 heterocycles. The molecule has 1 saturated heterocycles. The molecule has 0 bridgehead atoms. The van der Waals surface area contributed by atoms with E-state index in [4.69, 9.17) is 4.74 Å². The lowest BCUT2D eigenvalue weighted by Gasteiger charge is -2.15. The summed E-state index contributed by atoms with van der Waals surface area (Å²) >= 11 is 0. The fraction of sp³-hybridized carbons (Fsp3) is 0.467. The molecule has 0 aliphatic carbocycles. The van der Waals surface area contributed by atoms with Crippen molar-refractivity contribution < 1.29 is 22.7 Å². The maximum Gasteiger partial charge on any atom is 0.338 e. The van der Waals surface area contributed by atoms with Gasteiger partial charge in [-0.15, -0.1) is 0 Å². The lowest BCUT2D eigenvalue weighted by atomic mass is 10.2. The zero-order valence-electron chi connectivity index (χ0n) is 12.9. The van der Waals surface area contributed by atoms with E-state index >= 15 is 0 Å². The number of hydrogen-bond acceptors (Lipinski definition) is 5. The van der Waals surface area contributed by atoms with Gasteiger partial charge in [-0.1, -0.05) is 0 Å². The van der Waals surface area contributed by atoms with E-state index in [9.17, 15) is 18.0 Å². The Balaban J connectivity index is 2.01. The van der Waals surface area contributed by atoms with E-state index in [1.807, 2.05) is 0 Å². The first-order chi connectivity index (χ1) is 10.9. The lowest BCUT2D eigenvalue weighted by Crippen LogP contribution is -2.28. The first kappa shape index (κ1) is 17.4. The van der Waals surface area contributed by atoms with Crippen LogP contribution >= 0.6 is 0 Å². The minimum absolute atomic E-state index is 0.152. The summed E-state index contributed by atoms with van der Waals surface area (Å²) in [6.45, 7) is 2.91. The molecule has 1 amide bonds. The Morgan fingerprint density at radius 1 is 1.17 bits per heavy atom. The van der Waals surface area contributed by atoms with E-state index in [2.05, 4.69) is 5.32 Å². The number of likely N-dealkylation sites (N-methyl/N-ethyl adjacent to an activating group) is 1. The number of hydrogen-bond donors (Lipinski definition) is 1. The molecular formula is C15H20N2O5S. The van der Waals surface area contributed by atoms with Gasteiger partial charge in [0, 0.05) is 19.6 Å². The Bertz CT molecular complexity index is 664. The number of esters is 1. The summed E-state index contributed by atoms with van der Waals surface area (Å²) in [5, 5.41) is 2.51. The predicted molar refractivity (Wildman–Crippen MR) is 83.4 cm³/mol. The van der Waals surface area contributed by atoms with E-state index in [1.54, 1.807) is 6.92 Å². The Morgan fingerprint density at radius 2 is 1.78 bits per heavy atom. The van der Waals surface area contributed by atoms with Crippen LogP contribution in [-0.4, -0.2) is 50.8 Å².